The molecule has 2 heterocycles. The molecule has 0 fully saturated rings. The van der Waals surface area contributed by atoms with Gasteiger partial charge in [-0.15, -0.1) is 0 Å². The zero-order valence-corrected chi connectivity index (χ0v) is 10.4. The van der Waals surface area contributed by atoms with Gasteiger partial charge in [0, 0.05) is 17.2 Å². The van der Waals surface area contributed by atoms with E-state index in [9.17, 15) is 4.79 Å². The molecule has 0 unspecified atom stereocenters. The molecule has 1 aromatic carbocycles. The Morgan fingerprint density at radius 1 is 1.16 bits per heavy atom. The van der Waals surface area contributed by atoms with E-state index in [0.29, 0.717) is 0 Å². The monoisotopic (exact) mass is 252 g/mol. The number of aryl methyl sites for hydroxylation is 1. The Labute approximate surface area is 109 Å². The second-order valence-electron chi connectivity index (χ2n) is 4.31. The number of hydrogen-bond acceptors (Lipinski definition) is 3. The SMILES string of the molecule is Cc1ccc(-c2ccc(=O)[nH]n2)cc1-c1ccco1. The molecule has 19 heavy (non-hydrogen) atoms. The second kappa shape index (κ2) is 4.57. The van der Waals surface area contributed by atoms with E-state index in [1.165, 1.54) is 6.07 Å². The van der Waals surface area contributed by atoms with Gasteiger partial charge in [0.15, 0.2) is 0 Å². The number of furan rings is 1. The van der Waals surface area contributed by atoms with E-state index >= 15 is 0 Å². The highest BCUT2D eigenvalue weighted by Crippen LogP contribution is 2.28. The van der Waals surface area contributed by atoms with Crippen LogP contribution in [0.15, 0.2) is 57.9 Å². The molecule has 0 bridgehead atoms. The number of aromatic nitrogens is 2. The van der Waals surface area contributed by atoms with E-state index in [-0.39, 0.29) is 5.56 Å². The van der Waals surface area contributed by atoms with Crippen LogP contribution in [0.4, 0.5) is 0 Å². The van der Waals surface area contributed by atoms with E-state index in [1.54, 1.807) is 12.3 Å². The van der Waals surface area contributed by atoms with Crippen LogP contribution in [0.2, 0.25) is 0 Å². The van der Waals surface area contributed by atoms with E-state index in [4.69, 9.17) is 4.42 Å². The maximum absolute atomic E-state index is 11.0. The summed E-state index contributed by atoms with van der Waals surface area (Å²) in [5.41, 5.74) is 3.61. The number of benzene rings is 1. The normalized spacial score (nSPS) is 10.6. The van der Waals surface area contributed by atoms with Crippen molar-refractivity contribution < 1.29 is 4.42 Å². The molecule has 4 nitrogen and oxygen atoms in total. The van der Waals surface area contributed by atoms with Crippen LogP contribution in [-0.4, -0.2) is 10.2 Å². The van der Waals surface area contributed by atoms with Crippen molar-refractivity contribution in [2.24, 2.45) is 0 Å². The summed E-state index contributed by atoms with van der Waals surface area (Å²) >= 11 is 0. The molecular weight excluding hydrogens is 240 g/mol. The van der Waals surface area contributed by atoms with Crippen molar-refractivity contribution in [1.29, 1.82) is 0 Å². The number of nitrogens with one attached hydrogen (secondary N) is 1. The molecule has 0 atom stereocenters. The van der Waals surface area contributed by atoms with Gasteiger partial charge in [-0.25, -0.2) is 5.10 Å². The first-order valence-electron chi connectivity index (χ1n) is 5.95. The Bertz CT molecular complexity index is 738. The van der Waals surface area contributed by atoms with E-state index in [1.807, 2.05) is 37.3 Å². The summed E-state index contributed by atoms with van der Waals surface area (Å²) in [6, 6.07) is 13.0. The molecule has 0 spiro atoms. The topological polar surface area (TPSA) is 58.9 Å². The molecule has 0 aliphatic heterocycles. The largest absolute Gasteiger partial charge is 0.464 e. The average Bonchev–Trinajstić information content (AvgIpc) is 2.94. The van der Waals surface area contributed by atoms with Crippen LogP contribution in [0, 0.1) is 6.92 Å². The Morgan fingerprint density at radius 3 is 2.74 bits per heavy atom. The number of H-pyrrole nitrogens is 1. The predicted molar refractivity (Wildman–Crippen MR) is 72.7 cm³/mol. The van der Waals surface area contributed by atoms with Crippen LogP contribution in [0.25, 0.3) is 22.6 Å². The third-order valence-corrected chi connectivity index (χ3v) is 3.00. The van der Waals surface area contributed by atoms with Gasteiger partial charge in [-0.2, -0.15) is 5.10 Å². The summed E-state index contributed by atoms with van der Waals surface area (Å²) in [7, 11) is 0. The van der Waals surface area contributed by atoms with E-state index < -0.39 is 0 Å². The van der Waals surface area contributed by atoms with Gasteiger partial charge in [0.05, 0.1) is 12.0 Å². The van der Waals surface area contributed by atoms with Crippen molar-refractivity contribution in [3.8, 4) is 22.6 Å². The molecule has 94 valence electrons. The summed E-state index contributed by atoms with van der Waals surface area (Å²) in [5, 5.41) is 6.47. The van der Waals surface area contributed by atoms with Gasteiger partial charge in [-0.05, 0) is 36.8 Å². The third kappa shape index (κ3) is 2.20. The second-order valence-corrected chi connectivity index (χ2v) is 4.31. The first kappa shape index (κ1) is 11.5. The maximum atomic E-state index is 11.0. The van der Waals surface area contributed by atoms with Crippen molar-refractivity contribution >= 4 is 0 Å². The van der Waals surface area contributed by atoms with E-state index in [0.717, 1.165) is 28.1 Å². The molecule has 2 aromatic heterocycles. The lowest BCUT2D eigenvalue weighted by Crippen LogP contribution is -2.05. The Morgan fingerprint density at radius 2 is 2.05 bits per heavy atom. The predicted octanol–water partition coefficient (Wildman–Crippen LogP) is 3.01. The molecule has 0 saturated carbocycles. The Balaban J connectivity index is 2.11. The van der Waals surface area contributed by atoms with Crippen LogP contribution in [0.5, 0.6) is 0 Å². The molecule has 0 aliphatic carbocycles. The smallest absolute Gasteiger partial charge is 0.264 e. The fourth-order valence-electron chi connectivity index (χ4n) is 1.98. The summed E-state index contributed by atoms with van der Waals surface area (Å²) in [6.07, 6.45) is 1.65. The lowest BCUT2D eigenvalue weighted by Gasteiger charge is -2.06. The van der Waals surface area contributed by atoms with Crippen molar-refractivity contribution in [2.45, 2.75) is 6.92 Å². The minimum Gasteiger partial charge on any atom is -0.464 e. The molecule has 0 amide bonds. The van der Waals surface area contributed by atoms with Crippen LogP contribution in [0.3, 0.4) is 0 Å². The summed E-state index contributed by atoms with van der Waals surface area (Å²) in [5.74, 6) is 0.823. The number of rotatable bonds is 2. The molecule has 4 heteroatoms. The Hall–Kier alpha value is -2.62. The molecule has 0 radical (unpaired) electrons. The lowest BCUT2D eigenvalue weighted by atomic mass is 10.0. The van der Waals surface area contributed by atoms with E-state index in [2.05, 4.69) is 10.2 Å². The highest BCUT2D eigenvalue weighted by Gasteiger charge is 2.07. The Kier molecular flexibility index (Phi) is 2.76. The van der Waals surface area contributed by atoms with Crippen molar-refractivity contribution in [3.63, 3.8) is 0 Å². The van der Waals surface area contributed by atoms with Crippen LogP contribution >= 0.6 is 0 Å². The highest BCUT2D eigenvalue weighted by molar-refractivity contribution is 5.71. The van der Waals surface area contributed by atoms with Gasteiger partial charge in [-0.3, -0.25) is 4.79 Å². The first-order valence-corrected chi connectivity index (χ1v) is 5.95. The molecule has 1 N–H and O–H groups in total. The molecule has 0 aliphatic rings. The summed E-state index contributed by atoms with van der Waals surface area (Å²) in [4.78, 5) is 11.0. The average molecular weight is 252 g/mol. The van der Waals surface area contributed by atoms with Gasteiger partial charge in [0.2, 0.25) is 0 Å². The van der Waals surface area contributed by atoms with Crippen LogP contribution in [0.1, 0.15) is 5.56 Å². The van der Waals surface area contributed by atoms with Crippen LogP contribution < -0.4 is 5.56 Å². The van der Waals surface area contributed by atoms with Gasteiger partial charge in [0.1, 0.15) is 5.76 Å². The number of hydrogen-bond donors (Lipinski definition) is 1. The van der Waals surface area contributed by atoms with Gasteiger partial charge in [0.25, 0.3) is 5.56 Å². The first-order chi connectivity index (χ1) is 9.24. The van der Waals surface area contributed by atoms with Gasteiger partial charge >= 0.3 is 0 Å². The van der Waals surface area contributed by atoms with Gasteiger partial charge in [-0.1, -0.05) is 12.1 Å². The summed E-state index contributed by atoms with van der Waals surface area (Å²) < 4.78 is 5.43. The zero-order valence-electron chi connectivity index (χ0n) is 10.4. The van der Waals surface area contributed by atoms with Gasteiger partial charge < -0.3 is 4.42 Å². The highest BCUT2D eigenvalue weighted by atomic mass is 16.3. The zero-order chi connectivity index (χ0) is 13.2. The fraction of sp³-hybridized carbons (Fsp3) is 0.0667. The third-order valence-electron chi connectivity index (χ3n) is 3.00. The molecular formula is C15H12N2O2. The lowest BCUT2D eigenvalue weighted by molar-refractivity contribution is 0.582. The quantitative estimate of drug-likeness (QED) is 0.762. The number of aromatic amines is 1. The van der Waals surface area contributed by atoms with Crippen LogP contribution in [-0.2, 0) is 0 Å². The van der Waals surface area contributed by atoms with Crippen molar-refractivity contribution in [3.05, 3.63) is 64.6 Å². The standard InChI is InChI=1S/C15H12N2O2/c1-10-4-5-11(13-6-7-15(18)17-16-13)9-12(10)14-3-2-8-19-14/h2-9H,1H3,(H,17,18). The minimum absolute atomic E-state index is 0.206. The molecule has 0 saturated heterocycles. The number of nitrogens with zero attached hydrogens (tertiary/aromatic N) is 1. The molecule has 3 rings (SSSR count). The van der Waals surface area contributed by atoms with Crippen molar-refractivity contribution in [2.75, 3.05) is 0 Å². The van der Waals surface area contributed by atoms with Crippen molar-refractivity contribution in [1.82, 2.24) is 10.2 Å². The minimum atomic E-state index is -0.206. The fourth-order valence-corrected chi connectivity index (χ4v) is 1.98. The molecule has 3 aromatic rings. The summed E-state index contributed by atoms with van der Waals surface area (Å²) in [6.45, 7) is 2.03. The maximum Gasteiger partial charge on any atom is 0.264 e.